The summed E-state index contributed by atoms with van der Waals surface area (Å²) in [7, 11) is 0. The summed E-state index contributed by atoms with van der Waals surface area (Å²) >= 11 is 0. The summed E-state index contributed by atoms with van der Waals surface area (Å²) in [5.74, 6) is 1.08. The van der Waals surface area contributed by atoms with Gasteiger partial charge in [-0.3, -0.25) is 4.79 Å². The van der Waals surface area contributed by atoms with E-state index in [1.54, 1.807) is 0 Å². The molecule has 1 amide bonds. The second kappa shape index (κ2) is 3.37. The summed E-state index contributed by atoms with van der Waals surface area (Å²) in [6.45, 7) is 2.21. The molecule has 2 aliphatic carbocycles. The molecule has 2 fully saturated rings. The predicted molar refractivity (Wildman–Crippen MR) is 55.4 cm³/mol. The molecule has 0 aliphatic heterocycles. The van der Waals surface area contributed by atoms with Gasteiger partial charge in [-0.15, -0.1) is 0 Å². The first kappa shape index (κ1) is 9.69. The van der Waals surface area contributed by atoms with Crippen molar-refractivity contribution in [3.63, 3.8) is 0 Å². The molecule has 0 aromatic heterocycles. The molecule has 0 aromatic rings. The minimum absolute atomic E-state index is 0.176. The zero-order valence-corrected chi connectivity index (χ0v) is 8.68. The molecule has 78 valence electrons. The lowest BCUT2D eigenvalue weighted by molar-refractivity contribution is -0.125. The molecule has 0 heterocycles. The molecule has 3 nitrogen and oxygen atoms in total. The molecule has 0 bridgehead atoms. The topological polar surface area (TPSA) is 53.0 Å². The van der Waals surface area contributed by atoms with Gasteiger partial charge in [-0.05, 0) is 38.0 Å². The van der Waals surface area contributed by atoms with Gasteiger partial charge in [-0.2, -0.15) is 0 Å². The maximum Gasteiger partial charge on any atom is 0.223 e. The van der Waals surface area contributed by atoms with Crippen LogP contribution in [0.25, 0.3) is 0 Å². The highest BCUT2D eigenvalue weighted by Crippen LogP contribution is 2.35. The van der Waals surface area contributed by atoms with Crippen molar-refractivity contribution >= 4 is 12.1 Å². The van der Waals surface area contributed by atoms with Crippen LogP contribution in [-0.4, -0.2) is 17.7 Å². The molecule has 0 radical (unpaired) electrons. The number of rotatable bonds is 3. The largest absolute Gasteiger partial charge is 0.345 e. The summed E-state index contributed by atoms with van der Waals surface area (Å²) in [5, 5.41) is 10.2. The number of carbonyl (C=O) groups excluding carboxylic acids is 1. The molecule has 0 saturated heterocycles. The van der Waals surface area contributed by atoms with E-state index in [-0.39, 0.29) is 17.4 Å². The third-order valence-corrected chi connectivity index (χ3v) is 3.50. The Labute approximate surface area is 84.8 Å². The minimum Gasteiger partial charge on any atom is -0.345 e. The van der Waals surface area contributed by atoms with Crippen molar-refractivity contribution in [1.82, 2.24) is 5.32 Å². The van der Waals surface area contributed by atoms with E-state index in [0.717, 1.165) is 25.7 Å². The number of carbonyl (C=O) groups is 1. The van der Waals surface area contributed by atoms with Gasteiger partial charge in [0.2, 0.25) is 5.91 Å². The second-order valence-corrected chi connectivity index (χ2v) is 4.90. The smallest absolute Gasteiger partial charge is 0.223 e. The summed E-state index contributed by atoms with van der Waals surface area (Å²) in [6, 6.07) is 0. The molecule has 2 unspecified atom stereocenters. The van der Waals surface area contributed by atoms with Gasteiger partial charge in [0.25, 0.3) is 0 Å². The Hall–Kier alpha value is -0.860. The van der Waals surface area contributed by atoms with Gasteiger partial charge in [-0.25, -0.2) is 0 Å². The molecule has 2 atom stereocenters. The fourth-order valence-electron chi connectivity index (χ4n) is 2.23. The monoisotopic (exact) mass is 194 g/mol. The van der Waals surface area contributed by atoms with Crippen molar-refractivity contribution in [2.24, 2.45) is 11.8 Å². The van der Waals surface area contributed by atoms with E-state index in [1.165, 1.54) is 12.6 Å². The Bertz CT molecular complexity index is 258. The van der Waals surface area contributed by atoms with E-state index in [9.17, 15) is 4.79 Å². The molecule has 2 rings (SSSR count). The van der Waals surface area contributed by atoms with Gasteiger partial charge in [0.1, 0.15) is 0 Å². The highest BCUT2D eigenvalue weighted by molar-refractivity contribution is 5.86. The molecule has 14 heavy (non-hydrogen) atoms. The Kier molecular flexibility index (Phi) is 2.33. The maximum absolute atomic E-state index is 11.8. The zero-order valence-electron chi connectivity index (χ0n) is 8.68. The van der Waals surface area contributed by atoms with Crippen molar-refractivity contribution in [1.29, 1.82) is 5.41 Å². The number of hydrogen-bond acceptors (Lipinski definition) is 2. The predicted octanol–water partition coefficient (Wildman–Crippen LogP) is 1.72. The van der Waals surface area contributed by atoms with E-state index >= 15 is 0 Å². The zero-order chi connectivity index (χ0) is 10.2. The van der Waals surface area contributed by atoms with Crippen LogP contribution < -0.4 is 5.32 Å². The van der Waals surface area contributed by atoms with E-state index in [1.807, 2.05) is 0 Å². The maximum atomic E-state index is 11.8. The fraction of sp³-hybridized carbons (Fsp3) is 0.818. The van der Waals surface area contributed by atoms with Crippen LogP contribution in [0, 0.1) is 17.2 Å². The molecule has 0 spiro atoms. The molecule has 2 saturated carbocycles. The van der Waals surface area contributed by atoms with Crippen molar-refractivity contribution in [3.05, 3.63) is 0 Å². The lowest BCUT2D eigenvalue weighted by Gasteiger charge is -2.15. The summed E-state index contributed by atoms with van der Waals surface area (Å²) < 4.78 is 0. The van der Waals surface area contributed by atoms with Crippen LogP contribution in [0.15, 0.2) is 0 Å². The highest BCUT2D eigenvalue weighted by Gasteiger charge is 2.43. The molecule has 0 aromatic carbocycles. The summed E-state index contributed by atoms with van der Waals surface area (Å²) in [5.41, 5.74) is -0.247. The van der Waals surface area contributed by atoms with E-state index in [2.05, 4.69) is 12.2 Å². The molecular weight excluding hydrogens is 176 g/mol. The van der Waals surface area contributed by atoms with Crippen LogP contribution in [0.1, 0.15) is 39.0 Å². The summed E-state index contributed by atoms with van der Waals surface area (Å²) in [6.07, 6.45) is 6.52. The quantitative estimate of drug-likeness (QED) is 0.660. The first-order chi connectivity index (χ1) is 6.65. The Morgan fingerprint density at radius 3 is 2.64 bits per heavy atom. The molecule has 2 N–H and O–H groups in total. The van der Waals surface area contributed by atoms with Crippen molar-refractivity contribution in [2.45, 2.75) is 44.6 Å². The van der Waals surface area contributed by atoms with Crippen LogP contribution >= 0.6 is 0 Å². The average molecular weight is 194 g/mol. The first-order valence-electron chi connectivity index (χ1n) is 5.49. The van der Waals surface area contributed by atoms with E-state index in [4.69, 9.17) is 5.41 Å². The van der Waals surface area contributed by atoms with Gasteiger partial charge in [0.15, 0.2) is 0 Å². The van der Waals surface area contributed by atoms with Crippen molar-refractivity contribution in [2.75, 3.05) is 0 Å². The normalized spacial score (nSPS) is 33.8. The first-order valence-corrected chi connectivity index (χ1v) is 5.49. The number of nitrogens with one attached hydrogen (secondary N) is 2. The van der Waals surface area contributed by atoms with Crippen molar-refractivity contribution in [3.8, 4) is 0 Å². The van der Waals surface area contributed by atoms with Gasteiger partial charge in [0.05, 0.1) is 5.54 Å². The van der Waals surface area contributed by atoms with E-state index in [0.29, 0.717) is 5.92 Å². The molecule has 3 heteroatoms. The van der Waals surface area contributed by atoms with Gasteiger partial charge >= 0.3 is 0 Å². The van der Waals surface area contributed by atoms with Crippen LogP contribution in [0.5, 0.6) is 0 Å². The lowest BCUT2D eigenvalue weighted by atomic mass is 10.0. The Morgan fingerprint density at radius 1 is 1.50 bits per heavy atom. The van der Waals surface area contributed by atoms with Crippen LogP contribution in [0.2, 0.25) is 0 Å². The Morgan fingerprint density at radius 2 is 2.21 bits per heavy atom. The fourth-order valence-corrected chi connectivity index (χ4v) is 2.23. The molecule has 2 aliphatic rings. The average Bonchev–Trinajstić information content (AvgIpc) is 2.80. The Balaban J connectivity index is 1.87. The van der Waals surface area contributed by atoms with Crippen LogP contribution in [0.4, 0.5) is 0 Å². The third kappa shape index (κ3) is 1.81. The molecular formula is C11H18N2O. The van der Waals surface area contributed by atoms with Crippen LogP contribution in [-0.2, 0) is 4.79 Å². The third-order valence-electron chi connectivity index (χ3n) is 3.50. The van der Waals surface area contributed by atoms with Crippen LogP contribution in [0.3, 0.4) is 0 Å². The van der Waals surface area contributed by atoms with E-state index < -0.39 is 0 Å². The lowest BCUT2D eigenvalue weighted by Crippen LogP contribution is -2.41. The highest BCUT2D eigenvalue weighted by atomic mass is 16.2. The standard InChI is InChI=1S/C11H18N2O/c1-8-2-3-9(6-8)10(14)13-11(7-12)4-5-11/h7-9,12H,2-6H2,1H3,(H,13,14). The summed E-state index contributed by atoms with van der Waals surface area (Å²) in [4.78, 5) is 11.8. The van der Waals surface area contributed by atoms with Crippen molar-refractivity contribution < 1.29 is 4.79 Å². The SMILES string of the molecule is CC1CCC(C(=O)NC2(C=N)CC2)C1. The number of hydrogen-bond donors (Lipinski definition) is 2. The van der Waals surface area contributed by atoms with Gasteiger partial charge in [0, 0.05) is 12.1 Å². The second-order valence-electron chi connectivity index (χ2n) is 4.90. The minimum atomic E-state index is -0.247. The van der Waals surface area contributed by atoms with Gasteiger partial charge < -0.3 is 10.7 Å². The number of amides is 1. The van der Waals surface area contributed by atoms with Gasteiger partial charge in [-0.1, -0.05) is 6.92 Å².